The highest BCUT2D eigenvalue weighted by atomic mass is 16.5. The van der Waals surface area contributed by atoms with E-state index < -0.39 is 0 Å². The van der Waals surface area contributed by atoms with Gasteiger partial charge in [-0.2, -0.15) is 0 Å². The molecule has 0 heterocycles. The number of methoxy groups -OCH3 is 1. The molecule has 0 aliphatic carbocycles. The predicted octanol–water partition coefficient (Wildman–Crippen LogP) is 2.64. The molecule has 3 nitrogen and oxygen atoms in total. The number of carbonyl (C=O) groups is 1. The van der Waals surface area contributed by atoms with Gasteiger partial charge in [0.2, 0.25) is 0 Å². The summed E-state index contributed by atoms with van der Waals surface area (Å²) in [6, 6.07) is 0. The lowest BCUT2D eigenvalue weighted by Crippen LogP contribution is -2.28. The Labute approximate surface area is 93.1 Å². The Balaban J connectivity index is 4.04. The van der Waals surface area contributed by atoms with Crippen molar-refractivity contribution >= 4 is 5.97 Å². The second-order valence-electron chi connectivity index (χ2n) is 3.97. The van der Waals surface area contributed by atoms with Crippen LogP contribution in [0.4, 0.5) is 0 Å². The van der Waals surface area contributed by atoms with E-state index in [1.165, 1.54) is 0 Å². The quantitative estimate of drug-likeness (QED) is 0.462. The van der Waals surface area contributed by atoms with Gasteiger partial charge in [-0.3, -0.25) is 4.79 Å². The van der Waals surface area contributed by atoms with Crippen LogP contribution >= 0.6 is 0 Å². The van der Waals surface area contributed by atoms with Crippen LogP contribution in [0.1, 0.15) is 40.0 Å². The molecule has 0 bridgehead atoms. The fraction of sp³-hybridized carbons (Fsp3) is 0.917. The van der Waals surface area contributed by atoms with E-state index in [1.807, 2.05) is 0 Å². The molecule has 0 N–H and O–H groups in total. The highest BCUT2D eigenvalue weighted by Crippen LogP contribution is 2.17. The number of ether oxygens (including phenoxy) is 2. The molecule has 0 aromatic carbocycles. The van der Waals surface area contributed by atoms with Crippen LogP contribution in [0.15, 0.2) is 0 Å². The number of rotatable bonds is 8. The number of esters is 1. The number of hydrogen-bond donors (Lipinski definition) is 0. The molecule has 0 radical (unpaired) electrons. The summed E-state index contributed by atoms with van der Waals surface area (Å²) in [5, 5.41) is 0. The van der Waals surface area contributed by atoms with Crippen molar-refractivity contribution in [1.29, 1.82) is 0 Å². The zero-order chi connectivity index (χ0) is 11.7. The normalized spacial score (nSPS) is 14.7. The summed E-state index contributed by atoms with van der Waals surface area (Å²) in [5.41, 5.74) is 0. The second-order valence-corrected chi connectivity index (χ2v) is 3.97. The summed E-state index contributed by atoms with van der Waals surface area (Å²) < 4.78 is 10.3. The van der Waals surface area contributed by atoms with Crippen molar-refractivity contribution in [3.63, 3.8) is 0 Å². The summed E-state index contributed by atoms with van der Waals surface area (Å²) in [7, 11) is 1.62. The molecular formula is C12H24O3. The standard InChI is InChI=1S/C12H24O3/c1-5-7-8-15-12(13)11(9-14-4)10(3)6-2/h10-11H,5-9H2,1-4H3. The van der Waals surface area contributed by atoms with Crippen molar-refractivity contribution in [2.45, 2.75) is 40.0 Å². The van der Waals surface area contributed by atoms with Gasteiger partial charge in [0.15, 0.2) is 0 Å². The molecule has 0 amide bonds. The largest absolute Gasteiger partial charge is 0.465 e. The van der Waals surface area contributed by atoms with Gasteiger partial charge in [0.1, 0.15) is 0 Å². The van der Waals surface area contributed by atoms with E-state index in [2.05, 4.69) is 20.8 Å². The summed E-state index contributed by atoms with van der Waals surface area (Å²) in [6.45, 7) is 7.21. The van der Waals surface area contributed by atoms with Gasteiger partial charge in [-0.25, -0.2) is 0 Å². The third-order valence-corrected chi connectivity index (χ3v) is 2.72. The molecule has 0 fully saturated rings. The van der Waals surface area contributed by atoms with E-state index in [9.17, 15) is 4.79 Å². The lowest BCUT2D eigenvalue weighted by molar-refractivity contribution is -0.152. The summed E-state index contributed by atoms with van der Waals surface area (Å²) in [5.74, 6) is 0.0931. The van der Waals surface area contributed by atoms with Crippen LogP contribution in [0.3, 0.4) is 0 Å². The van der Waals surface area contributed by atoms with Gasteiger partial charge in [-0.05, 0) is 12.3 Å². The molecule has 0 aliphatic rings. The maximum Gasteiger partial charge on any atom is 0.311 e. The Morgan fingerprint density at radius 2 is 2.00 bits per heavy atom. The molecule has 15 heavy (non-hydrogen) atoms. The molecule has 0 aliphatic heterocycles. The molecule has 0 saturated heterocycles. The molecule has 2 atom stereocenters. The van der Waals surface area contributed by atoms with Crippen molar-refractivity contribution in [2.24, 2.45) is 11.8 Å². The first-order valence-corrected chi connectivity index (χ1v) is 5.82. The Hall–Kier alpha value is -0.570. The maximum absolute atomic E-state index is 11.7. The van der Waals surface area contributed by atoms with Gasteiger partial charge >= 0.3 is 5.97 Å². The van der Waals surface area contributed by atoms with Crippen molar-refractivity contribution in [3.8, 4) is 0 Å². The Bertz CT molecular complexity index is 168. The highest BCUT2D eigenvalue weighted by Gasteiger charge is 2.25. The van der Waals surface area contributed by atoms with Crippen molar-refractivity contribution in [2.75, 3.05) is 20.3 Å². The SMILES string of the molecule is CCCCOC(=O)C(COC)C(C)CC. The lowest BCUT2D eigenvalue weighted by Gasteiger charge is -2.20. The van der Waals surface area contributed by atoms with E-state index in [0.29, 0.717) is 19.1 Å². The average molecular weight is 216 g/mol. The first-order chi connectivity index (χ1) is 7.17. The highest BCUT2D eigenvalue weighted by molar-refractivity contribution is 5.72. The van der Waals surface area contributed by atoms with Gasteiger partial charge in [0, 0.05) is 7.11 Å². The molecule has 3 heteroatoms. The minimum atomic E-state index is -0.114. The van der Waals surface area contributed by atoms with Gasteiger partial charge < -0.3 is 9.47 Å². The summed E-state index contributed by atoms with van der Waals surface area (Å²) >= 11 is 0. The smallest absolute Gasteiger partial charge is 0.311 e. The third kappa shape index (κ3) is 5.78. The van der Waals surface area contributed by atoms with Crippen LogP contribution < -0.4 is 0 Å². The summed E-state index contributed by atoms with van der Waals surface area (Å²) in [6.07, 6.45) is 2.95. The fourth-order valence-corrected chi connectivity index (χ4v) is 1.35. The van der Waals surface area contributed by atoms with Crippen molar-refractivity contribution < 1.29 is 14.3 Å². The Morgan fingerprint density at radius 1 is 1.33 bits per heavy atom. The molecular weight excluding hydrogens is 192 g/mol. The first-order valence-electron chi connectivity index (χ1n) is 5.82. The first kappa shape index (κ1) is 14.4. The molecule has 0 aromatic rings. The van der Waals surface area contributed by atoms with E-state index >= 15 is 0 Å². The van der Waals surface area contributed by atoms with Crippen LogP contribution in [0, 0.1) is 11.8 Å². The lowest BCUT2D eigenvalue weighted by atomic mass is 9.92. The van der Waals surface area contributed by atoms with E-state index in [-0.39, 0.29) is 11.9 Å². The van der Waals surface area contributed by atoms with E-state index in [4.69, 9.17) is 9.47 Å². The molecule has 0 rings (SSSR count). The van der Waals surface area contributed by atoms with Gasteiger partial charge in [-0.1, -0.05) is 33.6 Å². The Morgan fingerprint density at radius 3 is 2.47 bits per heavy atom. The predicted molar refractivity (Wildman–Crippen MR) is 60.7 cm³/mol. The Kier molecular flexibility index (Phi) is 8.38. The third-order valence-electron chi connectivity index (χ3n) is 2.72. The van der Waals surface area contributed by atoms with Crippen LogP contribution in [-0.2, 0) is 14.3 Å². The zero-order valence-electron chi connectivity index (χ0n) is 10.4. The van der Waals surface area contributed by atoms with Crippen molar-refractivity contribution in [1.82, 2.24) is 0 Å². The second kappa shape index (κ2) is 8.72. The van der Waals surface area contributed by atoms with Gasteiger partial charge in [0.05, 0.1) is 19.1 Å². The van der Waals surface area contributed by atoms with Crippen LogP contribution in [-0.4, -0.2) is 26.3 Å². The molecule has 0 saturated carbocycles. The minimum absolute atomic E-state index is 0.111. The van der Waals surface area contributed by atoms with Crippen LogP contribution in [0.25, 0.3) is 0 Å². The molecule has 0 aromatic heterocycles. The fourth-order valence-electron chi connectivity index (χ4n) is 1.35. The molecule has 0 spiro atoms. The van der Waals surface area contributed by atoms with Gasteiger partial charge in [0.25, 0.3) is 0 Å². The van der Waals surface area contributed by atoms with Crippen LogP contribution in [0.2, 0.25) is 0 Å². The molecule has 90 valence electrons. The topological polar surface area (TPSA) is 35.5 Å². The van der Waals surface area contributed by atoms with Crippen molar-refractivity contribution in [3.05, 3.63) is 0 Å². The van der Waals surface area contributed by atoms with Gasteiger partial charge in [-0.15, -0.1) is 0 Å². The van der Waals surface area contributed by atoms with E-state index in [1.54, 1.807) is 7.11 Å². The zero-order valence-corrected chi connectivity index (χ0v) is 10.4. The maximum atomic E-state index is 11.7. The monoisotopic (exact) mass is 216 g/mol. The van der Waals surface area contributed by atoms with E-state index in [0.717, 1.165) is 19.3 Å². The average Bonchev–Trinajstić information content (AvgIpc) is 2.25. The molecule has 2 unspecified atom stereocenters. The number of hydrogen-bond acceptors (Lipinski definition) is 3. The number of unbranched alkanes of at least 4 members (excludes halogenated alkanes) is 1. The summed E-state index contributed by atoms with van der Waals surface area (Å²) in [4.78, 5) is 11.7. The number of carbonyl (C=O) groups excluding carboxylic acids is 1. The minimum Gasteiger partial charge on any atom is -0.465 e. The van der Waals surface area contributed by atoms with Crippen LogP contribution in [0.5, 0.6) is 0 Å².